The molecule has 1 aromatic heterocycles. The van der Waals surface area contributed by atoms with Crippen LogP contribution in [0.25, 0.3) is 0 Å². The average Bonchev–Trinajstić information content (AvgIpc) is 2.39. The number of hydrogen-bond donors (Lipinski definition) is 1. The van der Waals surface area contributed by atoms with E-state index in [0.29, 0.717) is 5.82 Å². The number of alkyl halides is 1. The van der Waals surface area contributed by atoms with Gasteiger partial charge in [-0.15, -0.1) is 11.6 Å². The molecule has 0 amide bonds. The summed E-state index contributed by atoms with van der Waals surface area (Å²) in [6, 6.07) is 3.51. The van der Waals surface area contributed by atoms with Gasteiger partial charge in [-0.05, 0) is 18.6 Å². The van der Waals surface area contributed by atoms with Crippen molar-refractivity contribution in [1.29, 1.82) is 0 Å². The Morgan fingerprint density at radius 3 is 2.45 bits per heavy atom. The van der Waals surface area contributed by atoms with Crippen LogP contribution in [0.4, 0.5) is 5.82 Å². The third-order valence-corrected chi connectivity index (χ3v) is 6.52. The number of nitrogens with one attached hydrogen (secondary N) is 1. The van der Waals surface area contributed by atoms with Gasteiger partial charge in [-0.1, -0.05) is 13.8 Å². The van der Waals surface area contributed by atoms with E-state index in [-0.39, 0.29) is 21.7 Å². The SMILES string of the molecule is CN(C)S(=O)(=O)c1ccc(NC2CC(Cl)C2(C)C)nc1. The van der Waals surface area contributed by atoms with Crippen molar-refractivity contribution >= 4 is 27.4 Å². The summed E-state index contributed by atoms with van der Waals surface area (Å²) in [6.07, 6.45) is 2.26. The highest BCUT2D eigenvalue weighted by Gasteiger charge is 2.47. The Kier molecular flexibility index (Phi) is 4.01. The fraction of sp³-hybridized carbons (Fsp3) is 0.615. The van der Waals surface area contributed by atoms with Crippen LogP contribution in [-0.4, -0.2) is 43.2 Å². The van der Waals surface area contributed by atoms with Crippen LogP contribution >= 0.6 is 11.6 Å². The highest BCUT2D eigenvalue weighted by atomic mass is 35.5. The summed E-state index contributed by atoms with van der Waals surface area (Å²) in [4.78, 5) is 4.37. The topological polar surface area (TPSA) is 62.3 Å². The second-order valence-electron chi connectivity index (χ2n) is 5.89. The lowest BCUT2D eigenvalue weighted by molar-refractivity contribution is 0.168. The number of hydrogen-bond acceptors (Lipinski definition) is 4. The first-order valence-corrected chi connectivity index (χ1v) is 8.32. The lowest BCUT2D eigenvalue weighted by Crippen LogP contribution is -2.54. The highest BCUT2D eigenvalue weighted by molar-refractivity contribution is 7.89. The molecule has 0 aromatic carbocycles. The van der Waals surface area contributed by atoms with Crippen LogP contribution in [0, 0.1) is 5.41 Å². The van der Waals surface area contributed by atoms with E-state index in [0.717, 1.165) is 6.42 Å². The van der Waals surface area contributed by atoms with Crippen molar-refractivity contribution in [1.82, 2.24) is 9.29 Å². The van der Waals surface area contributed by atoms with Gasteiger partial charge in [0.05, 0.1) is 0 Å². The van der Waals surface area contributed by atoms with Gasteiger partial charge in [-0.3, -0.25) is 0 Å². The first kappa shape index (κ1) is 15.5. The molecule has 20 heavy (non-hydrogen) atoms. The molecular weight excluding hydrogens is 298 g/mol. The Hall–Kier alpha value is -0.850. The summed E-state index contributed by atoms with van der Waals surface area (Å²) in [7, 11) is -0.425. The molecule has 112 valence electrons. The van der Waals surface area contributed by atoms with Crippen molar-refractivity contribution in [3.63, 3.8) is 0 Å². The molecule has 1 fully saturated rings. The van der Waals surface area contributed by atoms with Gasteiger partial charge in [-0.25, -0.2) is 17.7 Å². The van der Waals surface area contributed by atoms with Crippen LogP contribution in [0.15, 0.2) is 23.2 Å². The summed E-state index contributed by atoms with van der Waals surface area (Å²) < 4.78 is 25.0. The predicted molar refractivity (Wildman–Crippen MR) is 80.6 cm³/mol. The Labute approximate surface area is 125 Å². The monoisotopic (exact) mass is 317 g/mol. The van der Waals surface area contributed by atoms with Crippen molar-refractivity contribution in [2.24, 2.45) is 5.41 Å². The zero-order valence-corrected chi connectivity index (χ0v) is 13.7. The number of pyridine rings is 1. The molecule has 1 aromatic rings. The van der Waals surface area contributed by atoms with Gasteiger partial charge >= 0.3 is 0 Å². The zero-order valence-electron chi connectivity index (χ0n) is 12.1. The average molecular weight is 318 g/mol. The molecule has 2 rings (SSSR count). The molecule has 2 atom stereocenters. The van der Waals surface area contributed by atoms with Crippen LogP contribution in [0.5, 0.6) is 0 Å². The first-order chi connectivity index (χ1) is 9.15. The van der Waals surface area contributed by atoms with Crippen LogP contribution in [0.2, 0.25) is 0 Å². The Morgan fingerprint density at radius 1 is 1.40 bits per heavy atom. The minimum atomic E-state index is -3.42. The van der Waals surface area contributed by atoms with Crippen molar-refractivity contribution in [3.05, 3.63) is 18.3 Å². The molecule has 1 N–H and O–H groups in total. The molecule has 1 aliphatic carbocycles. The van der Waals surface area contributed by atoms with Crippen molar-refractivity contribution in [2.45, 2.75) is 36.6 Å². The maximum atomic E-state index is 11.9. The van der Waals surface area contributed by atoms with Crippen molar-refractivity contribution in [2.75, 3.05) is 19.4 Å². The predicted octanol–water partition coefficient (Wildman–Crippen LogP) is 2.15. The van der Waals surface area contributed by atoms with Gasteiger partial charge in [-0.2, -0.15) is 0 Å². The van der Waals surface area contributed by atoms with E-state index >= 15 is 0 Å². The standard InChI is InChI=1S/C13H20ClN3O2S/c1-13(2)10(14)7-11(13)16-12-6-5-9(8-15-12)20(18,19)17(3)4/h5-6,8,10-11H,7H2,1-4H3,(H,15,16). The molecule has 1 saturated carbocycles. The normalized spacial score (nSPS) is 25.3. The molecule has 0 aliphatic heterocycles. The minimum absolute atomic E-state index is 0.0115. The number of nitrogens with zero attached hydrogens (tertiary/aromatic N) is 2. The largest absolute Gasteiger partial charge is 0.367 e. The highest BCUT2D eigenvalue weighted by Crippen LogP contribution is 2.45. The van der Waals surface area contributed by atoms with Gasteiger partial charge in [0.1, 0.15) is 10.7 Å². The summed E-state index contributed by atoms with van der Waals surface area (Å²) in [6.45, 7) is 4.22. The fourth-order valence-electron chi connectivity index (χ4n) is 2.12. The molecule has 7 heteroatoms. The van der Waals surface area contributed by atoms with Gasteiger partial charge in [0.25, 0.3) is 0 Å². The number of sulfonamides is 1. The van der Waals surface area contributed by atoms with Crippen molar-refractivity contribution < 1.29 is 8.42 Å². The lowest BCUT2D eigenvalue weighted by Gasteiger charge is -2.49. The molecule has 1 aliphatic rings. The van der Waals surface area contributed by atoms with Crippen molar-refractivity contribution in [3.8, 4) is 0 Å². The van der Waals surface area contributed by atoms with Crippen LogP contribution < -0.4 is 5.32 Å². The number of anilines is 1. The molecule has 0 bridgehead atoms. The van der Waals surface area contributed by atoms with Gasteiger partial charge < -0.3 is 5.32 Å². The maximum absolute atomic E-state index is 11.9. The molecule has 0 saturated heterocycles. The first-order valence-electron chi connectivity index (χ1n) is 6.45. The number of rotatable bonds is 4. The summed E-state index contributed by atoms with van der Waals surface area (Å²) in [5, 5.41) is 3.46. The molecule has 0 radical (unpaired) electrons. The van der Waals surface area contributed by atoms with Gasteiger partial charge in [0, 0.05) is 37.1 Å². The van der Waals surface area contributed by atoms with Crippen LogP contribution in [-0.2, 0) is 10.0 Å². The molecule has 1 heterocycles. The van der Waals surface area contributed by atoms with Gasteiger partial charge in [0.2, 0.25) is 10.0 Å². The fourth-order valence-corrected chi connectivity index (χ4v) is 3.30. The Balaban J connectivity index is 2.11. The van der Waals surface area contributed by atoms with E-state index in [1.807, 2.05) is 0 Å². The second-order valence-corrected chi connectivity index (χ2v) is 8.57. The number of aromatic nitrogens is 1. The molecular formula is C13H20ClN3O2S. The maximum Gasteiger partial charge on any atom is 0.244 e. The smallest absolute Gasteiger partial charge is 0.244 e. The lowest BCUT2D eigenvalue weighted by atomic mass is 9.67. The Bertz CT molecular complexity index is 584. The molecule has 0 spiro atoms. The third kappa shape index (κ3) is 2.64. The molecule has 5 nitrogen and oxygen atoms in total. The third-order valence-electron chi connectivity index (χ3n) is 3.99. The molecule has 2 unspecified atom stereocenters. The van der Waals surface area contributed by atoms with E-state index in [9.17, 15) is 8.42 Å². The van der Waals surface area contributed by atoms with E-state index in [2.05, 4.69) is 24.1 Å². The summed E-state index contributed by atoms with van der Waals surface area (Å²) >= 11 is 6.18. The number of halogens is 1. The van der Waals surface area contributed by atoms with Crippen LogP contribution in [0.1, 0.15) is 20.3 Å². The second kappa shape index (κ2) is 5.16. The van der Waals surface area contributed by atoms with E-state index in [4.69, 9.17) is 11.6 Å². The minimum Gasteiger partial charge on any atom is -0.367 e. The summed E-state index contributed by atoms with van der Waals surface area (Å²) in [5.41, 5.74) is 0.0115. The van der Waals surface area contributed by atoms with E-state index < -0.39 is 10.0 Å². The quantitative estimate of drug-likeness (QED) is 0.864. The van der Waals surface area contributed by atoms with Crippen LogP contribution in [0.3, 0.4) is 0 Å². The van der Waals surface area contributed by atoms with Gasteiger partial charge in [0.15, 0.2) is 0 Å². The summed E-state index contributed by atoms with van der Waals surface area (Å²) in [5.74, 6) is 0.671. The van der Waals surface area contributed by atoms with E-state index in [1.165, 1.54) is 24.6 Å². The van der Waals surface area contributed by atoms with E-state index in [1.54, 1.807) is 12.1 Å². The Morgan fingerprint density at radius 2 is 2.05 bits per heavy atom. The zero-order chi connectivity index (χ0) is 15.1.